The summed E-state index contributed by atoms with van der Waals surface area (Å²) in [7, 11) is 1.55. The van der Waals surface area contributed by atoms with Gasteiger partial charge in [0.05, 0.1) is 37.6 Å². The van der Waals surface area contributed by atoms with Crippen LogP contribution >= 0.6 is 0 Å². The van der Waals surface area contributed by atoms with Gasteiger partial charge in [-0.25, -0.2) is 0 Å². The van der Waals surface area contributed by atoms with Crippen molar-refractivity contribution in [2.75, 3.05) is 23.5 Å². The molecule has 0 spiro atoms. The van der Waals surface area contributed by atoms with E-state index in [-0.39, 0.29) is 19.1 Å². The summed E-state index contributed by atoms with van der Waals surface area (Å²) in [6, 6.07) is 31.8. The van der Waals surface area contributed by atoms with Crippen LogP contribution in [0.4, 0.5) is 17.1 Å². The third-order valence-electron chi connectivity index (χ3n) is 9.08. The van der Waals surface area contributed by atoms with Crippen LogP contribution in [0, 0.1) is 5.92 Å². The van der Waals surface area contributed by atoms with Crippen molar-refractivity contribution in [3.8, 4) is 5.75 Å². The van der Waals surface area contributed by atoms with Crippen LogP contribution in [0.1, 0.15) is 41.6 Å². The average molecular weight is 658 g/mol. The Kier molecular flexibility index (Phi) is 9.98. The first-order valence-electron chi connectivity index (χ1n) is 16.2. The first kappa shape index (κ1) is 33.3. The van der Waals surface area contributed by atoms with E-state index in [0.717, 1.165) is 23.2 Å². The lowest BCUT2D eigenvalue weighted by Gasteiger charge is -2.28. The van der Waals surface area contributed by atoms with E-state index in [1.807, 2.05) is 110 Å². The van der Waals surface area contributed by atoms with Gasteiger partial charge in [-0.3, -0.25) is 19.2 Å². The summed E-state index contributed by atoms with van der Waals surface area (Å²) in [6.45, 7) is 2.52. The van der Waals surface area contributed by atoms with Crippen LogP contribution in [0.5, 0.6) is 5.75 Å². The molecule has 2 N–H and O–H groups in total. The van der Waals surface area contributed by atoms with E-state index in [2.05, 4.69) is 10.3 Å². The van der Waals surface area contributed by atoms with Crippen LogP contribution in [-0.4, -0.2) is 51.2 Å². The van der Waals surface area contributed by atoms with Gasteiger partial charge in [-0.15, -0.1) is 5.10 Å². The molecule has 0 saturated carbocycles. The molecule has 1 aliphatic heterocycles. The summed E-state index contributed by atoms with van der Waals surface area (Å²) in [5, 5.41) is 30.7. The highest BCUT2D eigenvalue weighted by molar-refractivity contribution is 6.07. The van der Waals surface area contributed by atoms with E-state index in [9.17, 15) is 19.8 Å². The summed E-state index contributed by atoms with van der Waals surface area (Å²) >= 11 is 0. The van der Waals surface area contributed by atoms with Gasteiger partial charge < -0.3 is 19.8 Å². The smallest absolute Gasteiger partial charge is 0.264 e. The van der Waals surface area contributed by atoms with E-state index in [1.54, 1.807) is 39.8 Å². The molecule has 4 aromatic carbocycles. The Hall–Kier alpha value is -5.58. The molecule has 0 fully saturated rings. The lowest BCUT2D eigenvalue weighted by Crippen LogP contribution is -2.44. The van der Waals surface area contributed by atoms with Crippen LogP contribution in [0.25, 0.3) is 0 Å². The number of hydrogen-bond donors (Lipinski definition) is 2. The number of carbonyl (C=O) groups excluding carboxylic acids is 2. The van der Waals surface area contributed by atoms with Crippen molar-refractivity contribution < 1.29 is 24.5 Å². The summed E-state index contributed by atoms with van der Waals surface area (Å²) in [5.74, 6) is -0.701. The maximum atomic E-state index is 14.1. The fourth-order valence-corrected chi connectivity index (χ4v) is 6.30. The molecule has 0 saturated heterocycles. The van der Waals surface area contributed by atoms with Gasteiger partial charge in [0.1, 0.15) is 5.75 Å². The molecule has 1 aliphatic rings. The van der Waals surface area contributed by atoms with Crippen LogP contribution in [0.15, 0.2) is 121 Å². The van der Waals surface area contributed by atoms with Gasteiger partial charge in [0.2, 0.25) is 6.41 Å². The molecule has 49 heavy (non-hydrogen) atoms. The van der Waals surface area contributed by atoms with E-state index < -0.39 is 17.4 Å². The van der Waals surface area contributed by atoms with Crippen molar-refractivity contribution in [3.05, 3.63) is 144 Å². The minimum Gasteiger partial charge on any atom is -0.497 e. The van der Waals surface area contributed by atoms with Crippen molar-refractivity contribution in [1.29, 1.82) is 0 Å². The Morgan fingerprint density at radius 1 is 0.959 bits per heavy atom. The third kappa shape index (κ3) is 6.74. The first-order valence-corrected chi connectivity index (χ1v) is 16.2. The number of benzene rings is 4. The number of ether oxygens (including phenoxy) is 1. The van der Waals surface area contributed by atoms with Crippen LogP contribution in [-0.2, 0) is 28.3 Å². The Morgan fingerprint density at radius 3 is 2.33 bits per heavy atom. The highest BCUT2D eigenvalue weighted by Gasteiger charge is 2.52. The zero-order chi connectivity index (χ0) is 34.4. The van der Waals surface area contributed by atoms with Crippen molar-refractivity contribution in [2.24, 2.45) is 5.92 Å². The Labute approximate surface area is 285 Å². The van der Waals surface area contributed by atoms with Gasteiger partial charge in [-0.05, 0) is 60.0 Å². The number of nitrogens with zero attached hydrogens (tertiary/aromatic N) is 5. The van der Waals surface area contributed by atoms with Crippen LogP contribution < -0.4 is 14.5 Å². The SMILES string of the molecule is COc1ccc2c(c1)[C@](O)([C@@H](C)/C=C/CCn1cc(C(CO)c3ccccc3)nn1)C(=O)N2Cc1ccc(N(C=O)c2ccccc2)cc1. The largest absolute Gasteiger partial charge is 0.497 e. The highest BCUT2D eigenvalue weighted by atomic mass is 16.5. The minimum absolute atomic E-state index is 0.0750. The lowest BCUT2D eigenvalue weighted by atomic mass is 9.83. The maximum Gasteiger partial charge on any atom is 0.264 e. The second kappa shape index (κ2) is 14.7. The Bertz CT molecular complexity index is 1910. The number of fused-ring (bicyclic) bond motifs is 1. The number of amides is 2. The zero-order valence-corrected chi connectivity index (χ0v) is 27.5. The van der Waals surface area contributed by atoms with Crippen LogP contribution in [0.2, 0.25) is 0 Å². The van der Waals surface area contributed by atoms with Gasteiger partial charge in [0.25, 0.3) is 5.91 Å². The summed E-state index contributed by atoms with van der Waals surface area (Å²) in [6.07, 6.45) is 6.99. The number of allylic oxidation sites excluding steroid dienone is 1. The first-order chi connectivity index (χ1) is 23.9. The van der Waals surface area contributed by atoms with E-state index >= 15 is 0 Å². The number of hydrogen-bond acceptors (Lipinski definition) is 7. The number of aliphatic hydroxyl groups excluding tert-OH is 1. The molecule has 2 amide bonds. The zero-order valence-electron chi connectivity index (χ0n) is 27.5. The van der Waals surface area contributed by atoms with Gasteiger partial charge in [-0.2, -0.15) is 0 Å². The fourth-order valence-electron chi connectivity index (χ4n) is 6.30. The molecular formula is C39H39N5O5. The number of carbonyl (C=O) groups is 2. The van der Waals surface area contributed by atoms with Gasteiger partial charge in [-0.1, -0.05) is 85.0 Å². The third-order valence-corrected chi connectivity index (χ3v) is 9.08. The number of anilines is 3. The predicted octanol–water partition coefficient (Wildman–Crippen LogP) is 5.72. The second-order valence-corrected chi connectivity index (χ2v) is 12.1. The molecule has 3 atom stereocenters. The summed E-state index contributed by atoms with van der Waals surface area (Å²) < 4.78 is 7.19. The van der Waals surface area contributed by atoms with Crippen molar-refractivity contribution in [1.82, 2.24) is 15.0 Å². The summed E-state index contributed by atoms with van der Waals surface area (Å²) in [5.41, 5.74) is 3.23. The van der Waals surface area contributed by atoms with Crippen LogP contribution in [0.3, 0.4) is 0 Å². The van der Waals surface area contributed by atoms with E-state index in [0.29, 0.717) is 41.3 Å². The van der Waals surface area contributed by atoms with Crippen molar-refractivity contribution in [2.45, 2.75) is 38.0 Å². The summed E-state index contributed by atoms with van der Waals surface area (Å²) in [4.78, 5) is 29.2. The molecular weight excluding hydrogens is 618 g/mol. The molecule has 10 nitrogen and oxygen atoms in total. The molecule has 10 heteroatoms. The monoisotopic (exact) mass is 657 g/mol. The molecule has 6 rings (SSSR count). The average Bonchev–Trinajstić information content (AvgIpc) is 3.69. The number of rotatable bonds is 14. The predicted molar refractivity (Wildman–Crippen MR) is 187 cm³/mol. The Balaban J connectivity index is 1.16. The number of para-hydroxylation sites is 1. The second-order valence-electron chi connectivity index (χ2n) is 12.1. The topological polar surface area (TPSA) is 121 Å². The highest BCUT2D eigenvalue weighted by Crippen LogP contribution is 2.47. The standard InChI is InChI=1S/C39H39N5O5/c1-28(11-9-10-22-42-25-36(40-41-42)34(26-45)30-12-5-3-6-13-30)39(48)35-23-33(49-2)20-21-37(35)43(38(39)47)24-29-16-18-32(19-17-29)44(27-46)31-14-7-4-8-15-31/h3-9,11-21,23,25,27-28,34,45,48H,10,22,24,26H2,1-2H3/b11-9+/t28-,34?,39+/m0/s1. The van der Waals surface area contributed by atoms with Gasteiger partial charge in [0, 0.05) is 35.6 Å². The molecule has 2 heterocycles. The molecule has 0 aliphatic carbocycles. The minimum atomic E-state index is -1.81. The Morgan fingerprint density at radius 2 is 1.65 bits per heavy atom. The number of aryl methyl sites for hydroxylation is 1. The fraction of sp³-hybridized carbons (Fsp3) is 0.231. The number of methoxy groups -OCH3 is 1. The molecule has 250 valence electrons. The number of aliphatic hydroxyl groups is 2. The van der Waals surface area contributed by atoms with Crippen molar-refractivity contribution in [3.63, 3.8) is 0 Å². The number of aromatic nitrogens is 3. The van der Waals surface area contributed by atoms with Gasteiger partial charge in [0.15, 0.2) is 5.60 Å². The quantitative estimate of drug-likeness (QED) is 0.116. The lowest BCUT2D eigenvalue weighted by molar-refractivity contribution is -0.139. The van der Waals surface area contributed by atoms with Gasteiger partial charge >= 0.3 is 0 Å². The van der Waals surface area contributed by atoms with E-state index in [4.69, 9.17) is 4.74 Å². The molecule has 0 radical (unpaired) electrons. The van der Waals surface area contributed by atoms with Crippen molar-refractivity contribution >= 4 is 29.4 Å². The normalized spacial score (nSPS) is 16.8. The molecule has 1 aromatic heterocycles. The maximum absolute atomic E-state index is 14.1. The molecule has 1 unspecified atom stereocenters. The molecule has 0 bridgehead atoms. The molecule has 5 aromatic rings. The van der Waals surface area contributed by atoms with E-state index in [1.165, 1.54) is 0 Å².